The largest absolute Gasteiger partial charge is 0.459 e. The molecule has 0 aliphatic carbocycles. The van der Waals surface area contributed by atoms with Crippen LogP contribution in [0.1, 0.15) is 26.7 Å². The van der Waals surface area contributed by atoms with Gasteiger partial charge in [0.05, 0.1) is 0 Å². The maximum absolute atomic E-state index is 5.30. The first-order valence-electron chi connectivity index (χ1n) is 3.38. The fourth-order valence-electron chi connectivity index (χ4n) is 0.722. The van der Waals surface area contributed by atoms with Crippen molar-refractivity contribution in [1.29, 1.82) is 0 Å². The summed E-state index contributed by atoms with van der Waals surface area (Å²) in [6, 6.07) is 0. The molecule has 1 rings (SSSR count). The highest BCUT2D eigenvalue weighted by atomic mass is 16.7. The smallest absolute Gasteiger partial charge is 0.239 e. The van der Waals surface area contributed by atoms with Gasteiger partial charge < -0.3 is 9.47 Å². The SMILES string of the molecule is CCC1=COC(CC)O1. The predicted molar refractivity (Wildman–Crippen MR) is 34.6 cm³/mol. The minimum absolute atomic E-state index is 0.0139. The lowest BCUT2D eigenvalue weighted by molar-refractivity contribution is -0.0342. The van der Waals surface area contributed by atoms with Crippen molar-refractivity contribution in [3.05, 3.63) is 12.0 Å². The molecule has 2 nitrogen and oxygen atoms in total. The molecule has 52 valence electrons. The summed E-state index contributed by atoms with van der Waals surface area (Å²) >= 11 is 0. The van der Waals surface area contributed by atoms with Crippen LogP contribution in [0.3, 0.4) is 0 Å². The summed E-state index contributed by atoms with van der Waals surface area (Å²) < 4.78 is 10.4. The van der Waals surface area contributed by atoms with Crippen molar-refractivity contribution in [2.24, 2.45) is 0 Å². The Labute approximate surface area is 55.5 Å². The molecular formula is C7H12O2. The van der Waals surface area contributed by atoms with Gasteiger partial charge in [-0.05, 0) is 0 Å². The minimum Gasteiger partial charge on any atom is -0.459 e. The molecule has 1 atom stereocenters. The minimum atomic E-state index is -0.0139. The molecule has 0 aromatic rings. The third-order valence-electron chi connectivity index (χ3n) is 1.32. The van der Waals surface area contributed by atoms with Gasteiger partial charge in [-0.15, -0.1) is 0 Å². The van der Waals surface area contributed by atoms with Crippen LogP contribution in [0, 0.1) is 0 Å². The van der Waals surface area contributed by atoms with E-state index in [9.17, 15) is 0 Å². The van der Waals surface area contributed by atoms with Gasteiger partial charge in [0.15, 0.2) is 0 Å². The molecule has 0 aromatic carbocycles. The van der Waals surface area contributed by atoms with E-state index < -0.39 is 0 Å². The third kappa shape index (κ3) is 1.37. The van der Waals surface area contributed by atoms with Crippen molar-refractivity contribution < 1.29 is 9.47 Å². The Kier molecular flexibility index (Phi) is 1.98. The Balaban J connectivity index is 2.31. The van der Waals surface area contributed by atoms with E-state index in [0.717, 1.165) is 18.6 Å². The Bertz CT molecular complexity index is 118. The van der Waals surface area contributed by atoms with Crippen LogP contribution < -0.4 is 0 Å². The van der Waals surface area contributed by atoms with Crippen LogP contribution in [0.2, 0.25) is 0 Å². The van der Waals surface area contributed by atoms with Gasteiger partial charge in [0, 0.05) is 12.8 Å². The molecule has 0 saturated heterocycles. The zero-order valence-electron chi connectivity index (χ0n) is 5.89. The molecule has 0 amide bonds. The lowest BCUT2D eigenvalue weighted by atomic mass is 10.4. The highest BCUT2D eigenvalue weighted by Crippen LogP contribution is 2.18. The van der Waals surface area contributed by atoms with E-state index in [4.69, 9.17) is 9.47 Å². The molecule has 0 saturated carbocycles. The lowest BCUT2D eigenvalue weighted by Gasteiger charge is -2.07. The quantitative estimate of drug-likeness (QED) is 0.566. The van der Waals surface area contributed by atoms with Gasteiger partial charge in [0.25, 0.3) is 0 Å². The van der Waals surface area contributed by atoms with Gasteiger partial charge >= 0.3 is 0 Å². The summed E-state index contributed by atoms with van der Waals surface area (Å²) in [5.74, 6) is 0.960. The van der Waals surface area contributed by atoms with Crippen molar-refractivity contribution in [2.45, 2.75) is 33.0 Å². The average molecular weight is 128 g/mol. The van der Waals surface area contributed by atoms with Gasteiger partial charge in [0.2, 0.25) is 6.29 Å². The Morgan fingerprint density at radius 2 is 2.33 bits per heavy atom. The van der Waals surface area contributed by atoms with Crippen molar-refractivity contribution in [3.63, 3.8) is 0 Å². The zero-order valence-corrected chi connectivity index (χ0v) is 5.89. The van der Waals surface area contributed by atoms with E-state index in [1.54, 1.807) is 6.26 Å². The van der Waals surface area contributed by atoms with E-state index >= 15 is 0 Å². The van der Waals surface area contributed by atoms with Gasteiger partial charge in [0.1, 0.15) is 12.0 Å². The molecule has 1 unspecified atom stereocenters. The van der Waals surface area contributed by atoms with Crippen molar-refractivity contribution in [1.82, 2.24) is 0 Å². The molecule has 0 fully saturated rings. The molecule has 0 spiro atoms. The second-order valence-corrected chi connectivity index (χ2v) is 2.03. The first kappa shape index (κ1) is 6.46. The van der Waals surface area contributed by atoms with E-state index in [-0.39, 0.29) is 6.29 Å². The molecule has 1 aliphatic rings. The zero-order chi connectivity index (χ0) is 6.69. The van der Waals surface area contributed by atoms with E-state index in [1.165, 1.54) is 0 Å². The topological polar surface area (TPSA) is 18.5 Å². The van der Waals surface area contributed by atoms with E-state index in [2.05, 4.69) is 0 Å². The monoisotopic (exact) mass is 128 g/mol. The highest BCUT2D eigenvalue weighted by molar-refractivity contribution is 4.90. The molecule has 1 aliphatic heterocycles. The Morgan fingerprint density at radius 1 is 1.56 bits per heavy atom. The summed E-state index contributed by atoms with van der Waals surface area (Å²) in [4.78, 5) is 0. The van der Waals surface area contributed by atoms with Crippen LogP contribution in [0.15, 0.2) is 12.0 Å². The number of hydrogen-bond donors (Lipinski definition) is 0. The lowest BCUT2D eigenvalue weighted by Crippen LogP contribution is -2.05. The fourth-order valence-corrected chi connectivity index (χ4v) is 0.722. The van der Waals surface area contributed by atoms with Crippen LogP contribution in [-0.2, 0) is 9.47 Å². The summed E-state index contributed by atoms with van der Waals surface area (Å²) in [5.41, 5.74) is 0. The van der Waals surface area contributed by atoms with Gasteiger partial charge in [-0.1, -0.05) is 13.8 Å². The van der Waals surface area contributed by atoms with Crippen molar-refractivity contribution >= 4 is 0 Å². The van der Waals surface area contributed by atoms with Gasteiger partial charge in [-0.2, -0.15) is 0 Å². The van der Waals surface area contributed by atoms with Crippen LogP contribution in [-0.4, -0.2) is 6.29 Å². The Morgan fingerprint density at radius 3 is 2.67 bits per heavy atom. The summed E-state index contributed by atoms with van der Waals surface area (Å²) in [6.07, 6.45) is 3.53. The highest BCUT2D eigenvalue weighted by Gasteiger charge is 2.14. The van der Waals surface area contributed by atoms with Crippen LogP contribution >= 0.6 is 0 Å². The maximum Gasteiger partial charge on any atom is 0.239 e. The third-order valence-corrected chi connectivity index (χ3v) is 1.32. The Hall–Kier alpha value is -0.660. The molecule has 0 aromatic heterocycles. The second kappa shape index (κ2) is 2.76. The van der Waals surface area contributed by atoms with E-state index in [1.807, 2.05) is 13.8 Å². The first-order chi connectivity index (χ1) is 4.36. The normalized spacial score (nSPS) is 24.7. The number of rotatable bonds is 2. The van der Waals surface area contributed by atoms with Crippen LogP contribution in [0.4, 0.5) is 0 Å². The molecular weight excluding hydrogens is 116 g/mol. The second-order valence-electron chi connectivity index (χ2n) is 2.03. The molecule has 2 heteroatoms. The molecule has 0 N–H and O–H groups in total. The summed E-state index contributed by atoms with van der Waals surface area (Å²) in [6.45, 7) is 4.09. The van der Waals surface area contributed by atoms with E-state index in [0.29, 0.717) is 0 Å². The van der Waals surface area contributed by atoms with Crippen molar-refractivity contribution in [3.8, 4) is 0 Å². The maximum atomic E-state index is 5.30. The molecule has 0 bridgehead atoms. The standard InChI is InChI=1S/C7H12O2/c1-3-6-5-8-7(4-2)9-6/h5,7H,3-4H2,1-2H3. The van der Waals surface area contributed by atoms with Crippen LogP contribution in [0.5, 0.6) is 0 Å². The number of hydrogen-bond acceptors (Lipinski definition) is 2. The summed E-state index contributed by atoms with van der Waals surface area (Å²) in [5, 5.41) is 0. The fraction of sp³-hybridized carbons (Fsp3) is 0.714. The summed E-state index contributed by atoms with van der Waals surface area (Å²) in [7, 11) is 0. The number of allylic oxidation sites excluding steroid dienone is 1. The predicted octanol–water partition coefficient (Wildman–Crippen LogP) is 2.02. The number of ether oxygens (including phenoxy) is 2. The van der Waals surface area contributed by atoms with Gasteiger partial charge in [-0.3, -0.25) is 0 Å². The molecule has 1 heterocycles. The average Bonchev–Trinajstić information content (AvgIpc) is 2.34. The molecule has 9 heavy (non-hydrogen) atoms. The molecule has 0 radical (unpaired) electrons. The van der Waals surface area contributed by atoms with Crippen LogP contribution in [0.25, 0.3) is 0 Å². The van der Waals surface area contributed by atoms with Crippen molar-refractivity contribution in [2.75, 3.05) is 0 Å². The first-order valence-corrected chi connectivity index (χ1v) is 3.38. The van der Waals surface area contributed by atoms with Gasteiger partial charge in [-0.25, -0.2) is 0 Å².